The summed E-state index contributed by atoms with van der Waals surface area (Å²) >= 11 is 0. The van der Waals surface area contributed by atoms with Crippen LogP contribution in [0.2, 0.25) is 0 Å². The van der Waals surface area contributed by atoms with Crippen molar-refractivity contribution in [3.8, 4) is 0 Å². The van der Waals surface area contributed by atoms with Crippen LogP contribution >= 0.6 is 0 Å². The molecule has 1 aromatic rings. The molecular weight excluding hydrogens is 239 g/mol. The lowest BCUT2D eigenvalue weighted by atomic mass is 10.1. The molecule has 0 radical (unpaired) electrons. The van der Waals surface area contributed by atoms with E-state index in [0.29, 0.717) is 0 Å². The van der Waals surface area contributed by atoms with Gasteiger partial charge in [-0.15, -0.1) is 0 Å². The second kappa shape index (κ2) is 4.95. The van der Waals surface area contributed by atoms with Gasteiger partial charge in [0.15, 0.2) is 0 Å². The molecule has 0 spiro atoms. The van der Waals surface area contributed by atoms with Crippen LogP contribution < -0.4 is 10.6 Å². The van der Waals surface area contributed by atoms with Gasteiger partial charge in [-0.25, -0.2) is 4.39 Å². The molecule has 0 unspecified atom stereocenters. The first kappa shape index (κ1) is 12.2. The van der Waals surface area contributed by atoms with Crippen LogP contribution in [0, 0.1) is 5.82 Å². The molecular formula is C12H11FN2O3. The van der Waals surface area contributed by atoms with Gasteiger partial charge in [-0.05, 0) is 18.6 Å². The number of carbonyl (C=O) groups excluding carboxylic acids is 3. The van der Waals surface area contributed by atoms with E-state index < -0.39 is 23.7 Å². The van der Waals surface area contributed by atoms with Crippen LogP contribution in [0.25, 0.3) is 0 Å². The molecule has 1 fully saturated rings. The van der Waals surface area contributed by atoms with Crippen molar-refractivity contribution in [3.05, 3.63) is 35.6 Å². The monoisotopic (exact) mass is 250 g/mol. The molecule has 1 heterocycles. The smallest absolute Gasteiger partial charge is 0.254 e. The topological polar surface area (TPSA) is 75.3 Å². The van der Waals surface area contributed by atoms with Crippen molar-refractivity contribution in [3.63, 3.8) is 0 Å². The Balaban J connectivity index is 2.06. The minimum Gasteiger partial charge on any atom is -0.340 e. The van der Waals surface area contributed by atoms with Crippen LogP contribution in [0.1, 0.15) is 23.2 Å². The van der Waals surface area contributed by atoms with Crippen LogP contribution in [0.15, 0.2) is 24.3 Å². The third kappa shape index (κ3) is 2.53. The minimum absolute atomic E-state index is 0.123. The number of halogens is 1. The number of imide groups is 1. The van der Waals surface area contributed by atoms with Crippen molar-refractivity contribution >= 4 is 17.7 Å². The average Bonchev–Trinajstić information content (AvgIpc) is 2.33. The summed E-state index contributed by atoms with van der Waals surface area (Å²) in [6.45, 7) is 0. The lowest BCUT2D eigenvalue weighted by molar-refractivity contribution is -0.134. The highest BCUT2D eigenvalue weighted by molar-refractivity contribution is 6.03. The largest absolute Gasteiger partial charge is 0.340 e. The summed E-state index contributed by atoms with van der Waals surface area (Å²) in [6.07, 6.45) is 0.388. The second-order valence-electron chi connectivity index (χ2n) is 3.96. The van der Waals surface area contributed by atoms with E-state index in [-0.39, 0.29) is 24.3 Å². The van der Waals surface area contributed by atoms with Crippen molar-refractivity contribution in [2.75, 3.05) is 0 Å². The molecule has 18 heavy (non-hydrogen) atoms. The standard InChI is InChI=1S/C12H11FN2O3/c13-8-4-2-1-3-7(8)11(17)14-9-5-6-10(16)15-12(9)18/h1-4,9H,5-6H2,(H,14,17)(H,15,16,18)/t9-/m0/s1. The zero-order valence-electron chi connectivity index (χ0n) is 9.40. The van der Waals surface area contributed by atoms with Crippen LogP contribution in [-0.2, 0) is 9.59 Å². The maximum absolute atomic E-state index is 13.3. The Morgan fingerprint density at radius 3 is 2.72 bits per heavy atom. The highest BCUT2D eigenvalue weighted by Gasteiger charge is 2.28. The summed E-state index contributed by atoms with van der Waals surface area (Å²) in [6, 6.07) is 4.70. The molecule has 1 saturated heterocycles. The highest BCUT2D eigenvalue weighted by Crippen LogP contribution is 2.09. The molecule has 2 N–H and O–H groups in total. The number of nitrogens with one attached hydrogen (secondary N) is 2. The number of hydrogen-bond acceptors (Lipinski definition) is 3. The fourth-order valence-electron chi connectivity index (χ4n) is 1.71. The van der Waals surface area contributed by atoms with Crippen molar-refractivity contribution in [2.24, 2.45) is 0 Å². The van der Waals surface area contributed by atoms with Crippen LogP contribution in [0.4, 0.5) is 4.39 Å². The summed E-state index contributed by atoms with van der Waals surface area (Å²) in [7, 11) is 0. The third-order valence-corrected chi connectivity index (χ3v) is 2.66. The first-order valence-corrected chi connectivity index (χ1v) is 5.47. The first-order valence-electron chi connectivity index (χ1n) is 5.47. The maximum Gasteiger partial charge on any atom is 0.254 e. The second-order valence-corrected chi connectivity index (χ2v) is 3.96. The minimum atomic E-state index is -0.796. The molecule has 0 saturated carbocycles. The molecule has 1 aliphatic rings. The van der Waals surface area contributed by atoms with E-state index in [1.807, 2.05) is 0 Å². The Morgan fingerprint density at radius 1 is 1.33 bits per heavy atom. The average molecular weight is 250 g/mol. The molecule has 0 aromatic heterocycles. The Labute approximate surface area is 102 Å². The van der Waals surface area contributed by atoms with Gasteiger partial charge in [0.2, 0.25) is 11.8 Å². The fourth-order valence-corrected chi connectivity index (χ4v) is 1.71. The molecule has 1 aromatic carbocycles. The van der Waals surface area contributed by atoms with Gasteiger partial charge in [0, 0.05) is 6.42 Å². The number of hydrogen-bond donors (Lipinski definition) is 2. The number of amides is 3. The SMILES string of the molecule is O=C1CC[C@H](NC(=O)c2ccccc2F)C(=O)N1. The van der Waals surface area contributed by atoms with Crippen LogP contribution in [0.5, 0.6) is 0 Å². The van der Waals surface area contributed by atoms with Gasteiger partial charge in [0.1, 0.15) is 11.9 Å². The van der Waals surface area contributed by atoms with Gasteiger partial charge in [-0.2, -0.15) is 0 Å². The molecule has 0 bridgehead atoms. The molecule has 6 heteroatoms. The summed E-state index contributed by atoms with van der Waals surface area (Å²) < 4.78 is 13.3. The predicted molar refractivity (Wildman–Crippen MR) is 60.0 cm³/mol. The number of rotatable bonds is 2. The maximum atomic E-state index is 13.3. The van der Waals surface area contributed by atoms with E-state index in [4.69, 9.17) is 0 Å². The van der Waals surface area contributed by atoms with Gasteiger partial charge in [0.25, 0.3) is 5.91 Å². The predicted octanol–water partition coefficient (Wildman–Crippen LogP) is 0.361. The molecule has 5 nitrogen and oxygen atoms in total. The Morgan fingerprint density at radius 2 is 2.06 bits per heavy atom. The van der Waals surface area contributed by atoms with Crippen LogP contribution in [0.3, 0.4) is 0 Å². The number of piperidine rings is 1. The molecule has 94 valence electrons. The van der Waals surface area contributed by atoms with E-state index in [0.717, 1.165) is 0 Å². The summed E-state index contributed by atoms with van der Waals surface area (Å²) in [4.78, 5) is 34.1. The van der Waals surface area contributed by atoms with Crippen LogP contribution in [-0.4, -0.2) is 23.8 Å². The Kier molecular flexibility index (Phi) is 3.36. The van der Waals surface area contributed by atoms with Crippen molar-refractivity contribution in [2.45, 2.75) is 18.9 Å². The first-order chi connectivity index (χ1) is 8.58. The summed E-state index contributed by atoms with van der Waals surface area (Å²) in [5, 5.41) is 4.52. The summed E-state index contributed by atoms with van der Waals surface area (Å²) in [5.41, 5.74) is -0.123. The molecule has 1 aliphatic heterocycles. The Bertz CT molecular complexity index is 516. The third-order valence-electron chi connectivity index (χ3n) is 2.66. The van der Waals surface area contributed by atoms with E-state index >= 15 is 0 Å². The van der Waals surface area contributed by atoms with E-state index in [1.165, 1.54) is 24.3 Å². The summed E-state index contributed by atoms with van der Waals surface area (Å²) in [5.74, 6) is -2.24. The van der Waals surface area contributed by atoms with E-state index in [2.05, 4.69) is 10.6 Å². The zero-order chi connectivity index (χ0) is 13.1. The highest BCUT2D eigenvalue weighted by atomic mass is 19.1. The van der Waals surface area contributed by atoms with Gasteiger partial charge < -0.3 is 5.32 Å². The molecule has 3 amide bonds. The number of carbonyl (C=O) groups is 3. The van der Waals surface area contributed by atoms with Gasteiger partial charge in [0.05, 0.1) is 5.56 Å². The van der Waals surface area contributed by atoms with Crippen molar-refractivity contribution in [1.29, 1.82) is 0 Å². The molecule has 1 atom stereocenters. The van der Waals surface area contributed by atoms with Gasteiger partial charge in [-0.3, -0.25) is 19.7 Å². The molecule has 0 aliphatic carbocycles. The van der Waals surface area contributed by atoms with Gasteiger partial charge >= 0.3 is 0 Å². The van der Waals surface area contributed by atoms with E-state index in [9.17, 15) is 18.8 Å². The molecule has 2 rings (SSSR count). The van der Waals surface area contributed by atoms with Crippen molar-refractivity contribution < 1.29 is 18.8 Å². The quantitative estimate of drug-likeness (QED) is 0.744. The van der Waals surface area contributed by atoms with E-state index in [1.54, 1.807) is 0 Å². The lowest BCUT2D eigenvalue weighted by Gasteiger charge is -2.21. The fraction of sp³-hybridized carbons (Fsp3) is 0.250. The normalized spacial score (nSPS) is 19.3. The zero-order valence-corrected chi connectivity index (χ0v) is 9.40. The Hall–Kier alpha value is -2.24. The number of benzene rings is 1. The van der Waals surface area contributed by atoms with Gasteiger partial charge in [-0.1, -0.05) is 12.1 Å². The van der Waals surface area contributed by atoms with Crippen molar-refractivity contribution in [1.82, 2.24) is 10.6 Å². The lowest BCUT2D eigenvalue weighted by Crippen LogP contribution is -2.52.